The molecular weight excluding hydrogens is 124 g/mol. The zero-order valence-electron chi connectivity index (χ0n) is 5.38. The highest BCUT2D eigenvalue weighted by Crippen LogP contribution is 1.50. The zero-order chi connectivity index (χ0) is 7.70. The van der Waals surface area contributed by atoms with Crippen molar-refractivity contribution in [3.63, 3.8) is 0 Å². The van der Waals surface area contributed by atoms with Gasteiger partial charge in [-0.15, -0.1) is 0 Å². The summed E-state index contributed by atoms with van der Waals surface area (Å²) in [5, 5.41) is 6.30. The lowest BCUT2D eigenvalue weighted by Gasteiger charge is -1.85. The van der Waals surface area contributed by atoms with Gasteiger partial charge in [-0.3, -0.25) is 10.2 Å². The first-order valence-electron chi connectivity index (χ1n) is 2.03. The van der Waals surface area contributed by atoms with Crippen LogP contribution in [0.15, 0.2) is 0 Å². The van der Waals surface area contributed by atoms with E-state index >= 15 is 0 Å². The smallest absolute Gasteiger partial charge is 0.292 e. The Morgan fingerprint density at radius 1 is 1.67 bits per heavy atom. The average molecular weight is 134 g/mol. The highest BCUT2D eigenvalue weighted by molar-refractivity contribution is 5.67. The number of ether oxygens (including phenoxy) is 2. The Balaban J connectivity index is 0. The van der Waals surface area contributed by atoms with Crippen LogP contribution in [0.2, 0.25) is 0 Å². The molecule has 0 aromatic rings. The Labute approximate surface area is 53.3 Å². The molecule has 0 unspecified atom stereocenters. The summed E-state index contributed by atoms with van der Waals surface area (Å²) in [5.74, 6) is 0. The Bertz CT molecular complexity index is 83.9. The van der Waals surface area contributed by atoms with Crippen molar-refractivity contribution in [2.24, 2.45) is 5.73 Å². The number of nitrogens with one attached hydrogen (secondary N) is 1. The highest BCUT2D eigenvalue weighted by atomic mass is 16.5. The molecule has 0 spiro atoms. The lowest BCUT2D eigenvalue weighted by atomic mass is 11.2. The molecule has 0 aromatic heterocycles. The second kappa shape index (κ2) is 9.88. The van der Waals surface area contributed by atoms with Crippen LogP contribution in [0.4, 0.5) is 0 Å². The van der Waals surface area contributed by atoms with Crippen LogP contribution in [-0.2, 0) is 14.3 Å². The minimum absolute atomic E-state index is 0.245. The fourth-order valence-corrected chi connectivity index (χ4v) is 0. The second-order valence-electron chi connectivity index (χ2n) is 0.900. The summed E-state index contributed by atoms with van der Waals surface area (Å²) in [6.07, 6.45) is 0. The first-order valence-corrected chi connectivity index (χ1v) is 2.03. The number of hydrogen-bond acceptors (Lipinski definition) is 4. The minimum atomic E-state index is -0.245. The van der Waals surface area contributed by atoms with Gasteiger partial charge in [-0.1, -0.05) is 0 Å². The first kappa shape index (κ1) is 10.7. The largest absolute Gasteiger partial charge is 0.471 e. The van der Waals surface area contributed by atoms with Gasteiger partial charge in [0.05, 0.1) is 14.2 Å². The van der Waals surface area contributed by atoms with E-state index < -0.39 is 0 Å². The van der Waals surface area contributed by atoms with Crippen molar-refractivity contribution < 1.29 is 14.3 Å². The van der Waals surface area contributed by atoms with Gasteiger partial charge in [0.25, 0.3) is 12.5 Å². The third kappa shape index (κ3) is 50.0. The molecule has 0 fully saturated rings. The van der Waals surface area contributed by atoms with Crippen LogP contribution in [0.5, 0.6) is 0 Å². The quantitative estimate of drug-likeness (QED) is 0.282. The molecule has 54 valence electrons. The topological polar surface area (TPSA) is 85.4 Å². The summed E-state index contributed by atoms with van der Waals surface area (Å²) < 4.78 is 7.97. The predicted octanol–water partition coefficient (Wildman–Crippen LogP) is -0.685. The Morgan fingerprint density at radius 3 is 1.89 bits per heavy atom. The first-order chi connectivity index (χ1) is 4.18. The summed E-state index contributed by atoms with van der Waals surface area (Å²) in [7, 11) is 2.66. The Kier molecular flexibility index (Phi) is 11.7. The van der Waals surface area contributed by atoms with Gasteiger partial charge in [0.2, 0.25) is 0 Å². The molecule has 0 heterocycles. The molecule has 0 atom stereocenters. The molecule has 9 heavy (non-hydrogen) atoms. The summed E-state index contributed by atoms with van der Waals surface area (Å²) in [6, 6.07) is -0.245. The molecule has 3 N–H and O–H groups in total. The summed E-state index contributed by atoms with van der Waals surface area (Å²) >= 11 is 0. The Hall–Kier alpha value is -1.26. The normalized spacial score (nSPS) is 6.00. The molecule has 5 heteroatoms. The van der Waals surface area contributed by atoms with Crippen LogP contribution in [0.1, 0.15) is 0 Å². The van der Waals surface area contributed by atoms with Gasteiger partial charge in [0.15, 0.2) is 0 Å². The maximum Gasteiger partial charge on any atom is 0.292 e. The molecule has 0 aliphatic carbocycles. The van der Waals surface area contributed by atoms with Crippen molar-refractivity contribution >= 4 is 12.5 Å². The van der Waals surface area contributed by atoms with E-state index in [1.807, 2.05) is 0 Å². The van der Waals surface area contributed by atoms with Crippen molar-refractivity contribution in [2.45, 2.75) is 0 Å². The van der Waals surface area contributed by atoms with Gasteiger partial charge >= 0.3 is 0 Å². The van der Waals surface area contributed by atoms with Gasteiger partial charge in [0.1, 0.15) is 0 Å². The van der Waals surface area contributed by atoms with Crippen molar-refractivity contribution in [1.29, 1.82) is 5.41 Å². The van der Waals surface area contributed by atoms with Gasteiger partial charge in [-0.2, -0.15) is 0 Å². The lowest BCUT2D eigenvalue weighted by Crippen LogP contribution is -2.10. The molecule has 0 aliphatic heterocycles. The summed E-state index contributed by atoms with van der Waals surface area (Å²) in [5.41, 5.74) is 4.65. The lowest BCUT2D eigenvalue weighted by molar-refractivity contribution is -0.126. The van der Waals surface area contributed by atoms with E-state index in [0.29, 0.717) is 6.47 Å². The third-order valence-corrected chi connectivity index (χ3v) is 0.316. The molecule has 0 aliphatic rings. The molecule has 0 saturated heterocycles. The van der Waals surface area contributed by atoms with Crippen LogP contribution in [-0.4, -0.2) is 26.7 Å². The number of amidine groups is 1. The van der Waals surface area contributed by atoms with E-state index in [2.05, 4.69) is 15.2 Å². The third-order valence-electron chi connectivity index (χ3n) is 0.316. The maximum absolute atomic E-state index is 8.95. The van der Waals surface area contributed by atoms with Crippen LogP contribution in [0.3, 0.4) is 0 Å². The number of carbonyl (C=O) groups is 1. The van der Waals surface area contributed by atoms with E-state index in [9.17, 15) is 0 Å². The molecule has 0 radical (unpaired) electrons. The number of hydrogen-bond donors (Lipinski definition) is 2. The number of carbonyl (C=O) groups excluding carboxylic acids is 1. The predicted molar refractivity (Wildman–Crippen MR) is 32.0 cm³/mol. The summed E-state index contributed by atoms with van der Waals surface area (Å²) in [4.78, 5) is 8.95. The number of nitrogens with two attached hydrogens (primary N) is 1. The molecule has 0 aromatic carbocycles. The van der Waals surface area contributed by atoms with Crippen LogP contribution in [0.25, 0.3) is 0 Å². The molecule has 5 nitrogen and oxygen atoms in total. The van der Waals surface area contributed by atoms with E-state index in [4.69, 9.17) is 10.2 Å². The van der Waals surface area contributed by atoms with E-state index in [1.165, 1.54) is 14.2 Å². The second-order valence-corrected chi connectivity index (χ2v) is 0.900. The molecule has 0 saturated carbocycles. The van der Waals surface area contributed by atoms with Gasteiger partial charge in [-0.25, -0.2) is 0 Å². The average Bonchev–Trinajstić information content (AvgIpc) is 1.89. The Morgan fingerprint density at radius 2 is 1.89 bits per heavy atom. The van der Waals surface area contributed by atoms with Gasteiger partial charge in [0, 0.05) is 0 Å². The highest BCUT2D eigenvalue weighted by Gasteiger charge is 1.68. The van der Waals surface area contributed by atoms with Crippen molar-refractivity contribution in [1.82, 2.24) is 0 Å². The zero-order valence-corrected chi connectivity index (χ0v) is 5.38. The van der Waals surface area contributed by atoms with Crippen molar-refractivity contribution in [2.75, 3.05) is 14.2 Å². The van der Waals surface area contributed by atoms with Crippen LogP contribution < -0.4 is 5.73 Å². The molecule has 0 rings (SSSR count). The van der Waals surface area contributed by atoms with Crippen LogP contribution in [0, 0.1) is 5.41 Å². The number of methoxy groups -OCH3 is 2. The van der Waals surface area contributed by atoms with E-state index in [-0.39, 0.29) is 6.02 Å². The minimum Gasteiger partial charge on any atom is -0.471 e. The van der Waals surface area contributed by atoms with Crippen molar-refractivity contribution in [3.05, 3.63) is 0 Å². The van der Waals surface area contributed by atoms with E-state index in [0.717, 1.165) is 0 Å². The standard InChI is InChI=1S/C2H6N2O.C2H4O2/c1-5-2(3)4;1-4-2-3/h1H3,(H3,3,4);2H,1H3. The molecule has 0 bridgehead atoms. The fourth-order valence-electron chi connectivity index (χ4n) is 0. The van der Waals surface area contributed by atoms with Crippen molar-refractivity contribution in [3.8, 4) is 0 Å². The molecule has 0 amide bonds. The fraction of sp³-hybridized carbons (Fsp3) is 0.500. The summed E-state index contributed by atoms with van der Waals surface area (Å²) in [6.45, 7) is 0.375. The maximum atomic E-state index is 8.95. The number of rotatable bonds is 1. The SMILES string of the molecule is COC(=N)N.COC=O. The van der Waals surface area contributed by atoms with Crippen LogP contribution >= 0.6 is 0 Å². The van der Waals surface area contributed by atoms with Gasteiger partial charge < -0.3 is 15.2 Å². The van der Waals surface area contributed by atoms with Gasteiger partial charge in [-0.05, 0) is 0 Å². The van der Waals surface area contributed by atoms with E-state index in [1.54, 1.807) is 0 Å². The molecular formula is C4H10N2O3. The monoisotopic (exact) mass is 134 g/mol.